The van der Waals surface area contributed by atoms with Gasteiger partial charge in [0.05, 0.1) is 6.61 Å². The Balaban J connectivity index is 1.85. The number of carbonyl (C=O) groups excluding carboxylic acids is 3. The molecule has 3 rings (SSSR count). The number of hydrogen-bond acceptors (Lipinski definition) is 4. The third kappa shape index (κ3) is 2.47. The summed E-state index contributed by atoms with van der Waals surface area (Å²) in [7, 11) is 0. The molecule has 1 heterocycles. The molecule has 116 valence electrons. The van der Waals surface area contributed by atoms with Crippen molar-refractivity contribution >= 4 is 17.7 Å². The van der Waals surface area contributed by atoms with Gasteiger partial charge in [-0.15, -0.1) is 0 Å². The van der Waals surface area contributed by atoms with Gasteiger partial charge in [0.1, 0.15) is 0 Å². The lowest BCUT2D eigenvalue weighted by Crippen LogP contribution is -2.48. The van der Waals surface area contributed by atoms with Crippen LogP contribution >= 0.6 is 0 Å². The van der Waals surface area contributed by atoms with Gasteiger partial charge < -0.3 is 9.64 Å². The molecule has 3 aliphatic rings. The third-order valence-electron chi connectivity index (χ3n) is 5.39. The van der Waals surface area contributed by atoms with Crippen LogP contribution in [0.1, 0.15) is 45.4 Å². The van der Waals surface area contributed by atoms with Crippen LogP contribution in [0.2, 0.25) is 0 Å². The lowest BCUT2D eigenvalue weighted by molar-refractivity contribution is -0.142. The number of carbonyl (C=O) groups is 3. The lowest BCUT2D eigenvalue weighted by Gasteiger charge is -2.34. The molecular weight excluding hydrogens is 270 g/mol. The molecule has 1 aliphatic heterocycles. The maximum absolute atomic E-state index is 12.3. The second-order valence-corrected chi connectivity index (χ2v) is 6.48. The highest BCUT2D eigenvalue weighted by Crippen LogP contribution is 2.46. The van der Waals surface area contributed by atoms with E-state index in [1.54, 1.807) is 11.8 Å². The van der Waals surface area contributed by atoms with Crippen LogP contribution in [-0.2, 0) is 14.3 Å². The Kier molecular flexibility index (Phi) is 4.00. The van der Waals surface area contributed by atoms with Gasteiger partial charge in [-0.1, -0.05) is 6.42 Å². The van der Waals surface area contributed by atoms with Gasteiger partial charge in [-0.3, -0.25) is 9.59 Å². The zero-order valence-corrected chi connectivity index (χ0v) is 12.5. The Morgan fingerprint density at radius 3 is 2.81 bits per heavy atom. The van der Waals surface area contributed by atoms with Crippen LogP contribution in [0.25, 0.3) is 0 Å². The smallest absolute Gasteiger partial charge is 0.410 e. The highest BCUT2D eigenvalue weighted by Gasteiger charge is 2.52. The summed E-state index contributed by atoms with van der Waals surface area (Å²) >= 11 is 0. The van der Waals surface area contributed by atoms with E-state index in [-0.39, 0.29) is 29.6 Å². The first-order chi connectivity index (χ1) is 10.1. The van der Waals surface area contributed by atoms with E-state index < -0.39 is 0 Å². The molecule has 4 unspecified atom stereocenters. The lowest BCUT2D eigenvalue weighted by atomic mass is 9.76. The van der Waals surface area contributed by atoms with E-state index in [9.17, 15) is 14.4 Å². The molecule has 0 radical (unpaired) electrons. The van der Waals surface area contributed by atoms with Gasteiger partial charge in [0, 0.05) is 24.9 Å². The van der Waals surface area contributed by atoms with Crippen molar-refractivity contribution in [3.05, 3.63) is 0 Å². The molecule has 2 aliphatic carbocycles. The van der Waals surface area contributed by atoms with Crippen molar-refractivity contribution in [1.82, 2.24) is 4.90 Å². The Morgan fingerprint density at radius 2 is 2.05 bits per heavy atom. The summed E-state index contributed by atoms with van der Waals surface area (Å²) in [5, 5.41) is 0. The van der Waals surface area contributed by atoms with E-state index in [0.29, 0.717) is 31.4 Å². The Bertz CT molecular complexity index is 461. The van der Waals surface area contributed by atoms with Crippen molar-refractivity contribution < 1.29 is 19.1 Å². The summed E-state index contributed by atoms with van der Waals surface area (Å²) in [6.07, 6.45) is 4.89. The number of hydrogen-bond donors (Lipinski definition) is 0. The number of amides is 1. The highest BCUT2D eigenvalue weighted by molar-refractivity contribution is 6.38. The molecule has 0 spiro atoms. The molecule has 0 aromatic carbocycles. The van der Waals surface area contributed by atoms with Crippen LogP contribution in [0.5, 0.6) is 0 Å². The molecule has 0 N–H and O–H groups in total. The van der Waals surface area contributed by atoms with Crippen LogP contribution < -0.4 is 0 Å². The average molecular weight is 293 g/mol. The molecule has 0 bridgehead atoms. The van der Waals surface area contributed by atoms with Gasteiger partial charge in [0.25, 0.3) is 0 Å². The Hall–Kier alpha value is -1.39. The minimum Gasteiger partial charge on any atom is -0.450 e. The number of fused-ring (bicyclic) bond motifs is 1. The summed E-state index contributed by atoms with van der Waals surface area (Å²) < 4.78 is 5.16. The molecular formula is C16H23NO4. The van der Waals surface area contributed by atoms with Crippen LogP contribution in [0.4, 0.5) is 4.79 Å². The van der Waals surface area contributed by atoms with Crippen LogP contribution in [0, 0.1) is 17.8 Å². The van der Waals surface area contributed by atoms with Crippen molar-refractivity contribution in [3.63, 3.8) is 0 Å². The molecule has 1 amide bonds. The van der Waals surface area contributed by atoms with Gasteiger partial charge >= 0.3 is 6.09 Å². The maximum atomic E-state index is 12.3. The zero-order chi connectivity index (χ0) is 15.0. The summed E-state index contributed by atoms with van der Waals surface area (Å²) in [5.74, 6) is 0.0341. The average Bonchev–Trinajstić information content (AvgIpc) is 3.03. The predicted octanol–water partition coefficient (Wildman–Crippen LogP) is 2.18. The fraction of sp³-hybridized carbons (Fsp3) is 0.812. The molecule has 4 atom stereocenters. The van der Waals surface area contributed by atoms with Crippen LogP contribution in [0.15, 0.2) is 0 Å². The van der Waals surface area contributed by atoms with E-state index in [0.717, 1.165) is 32.1 Å². The normalized spacial score (nSPS) is 36.0. The van der Waals surface area contributed by atoms with Crippen LogP contribution in [-0.4, -0.2) is 41.8 Å². The fourth-order valence-electron chi connectivity index (χ4n) is 4.54. The van der Waals surface area contributed by atoms with Crippen LogP contribution in [0.3, 0.4) is 0 Å². The quantitative estimate of drug-likeness (QED) is 0.732. The predicted molar refractivity (Wildman–Crippen MR) is 75.7 cm³/mol. The van der Waals surface area contributed by atoms with E-state index in [1.807, 2.05) is 0 Å². The van der Waals surface area contributed by atoms with Gasteiger partial charge in [-0.2, -0.15) is 0 Å². The van der Waals surface area contributed by atoms with E-state index in [4.69, 9.17) is 4.74 Å². The number of rotatable bonds is 2. The molecule has 0 aromatic rings. The maximum Gasteiger partial charge on any atom is 0.410 e. The summed E-state index contributed by atoms with van der Waals surface area (Å²) in [4.78, 5) is 38.0. The number of likely N-dealkylation sites (tertiary alicyclic amines) is 1. The number of Topliss-reactive ketones (excluding diaryl/α,β-unsaturated/α-hetero) is 2. The monoisotopic (exact) mass is 293 g/mol. The zero-order valence-electron chi connectivity index (χ0n) is 12.5. The Labute approximate surface area is 125 Å². The summed E-state index contributed by atoms with van der Waals surface area (Å²) in [6, 6.07) is -0.117. The van der Waals surface area contributed by atoms with Crippen molar-refractivity contribution in [2.24, 2.45) is 17.8 Å². The number of ketones is 2. The largest absolute Gasteiger partial charge is 0.450 e. The van der Waals surface area contributed by atoms with E-state index in [1.165, 1.54) is 0 Å². The van der Waals surface area contributed by atoms with Crippen molar-refractivity contribution in [2.45, 2.75) is 51.5 Å². The van der Waals surface area contributed by atoms with Gasteiger partial charge in [0.2, 0.25) is 5.78 Å². The van der Waals surface area contributed by atoms with Gasteiger partial charge in [0.15, 0.2) is 5.78 Å². The first-order valence-electron chi connectivity index (χ1n) is 8.14. The van der Waals surface area contributed by atoms with Gasteiger partial charge in [-0.25, -0.2) is 4.79 Å². The number of nitrogens with zero attached hydrogens (tertiary/aromatic N) is 1. The fourth-order valence-corrected chi connectivity index (χ4v) is 4.54. The molecule has 5 nitrogen and oxygen atoms in total. The molecule has 1 saturated heterocycles. The van der Waals surface area contributed by atoms with Gasteiger partial charge in [-0.05, 0) is 44.4 Å². The third-order valence-corrected chi connectivity index (χ3v) is 5.39. The van der Waals surface area contributed by atoms with Crippen molar-refractivity contribution in [1.29, 1.82) is 0 Å². The van der Waals surface area contributed by atoms with Crippen molar-refractivity contribution in [3.8, 4) is 0 Å². The van der Waals surface area contributed by atoms with E-state index in [2.05, 4.69) is 0 Å². The second-order valence-electron chi connectivity index (χ2n) is 6.48. The van der Waals surface area contributed by atoms with E-state index >= 15 is 0 Å². The molecule has 0 aromatic heterocycles. The molecule has 2 saturated carbocycles. The molecule has 3 fully saturated rings. The first kappa shape index (κ1) is 14.5. The minimum atomic E-state index is -0.317. The topological polar surface area (TPSA) is 63.7 Å². The van der Waals surface area contributed by atoms with Crippen molar-refractivity contribution in [2.75, 3.05) is 13.2 Å². The minimum absolute atomic E-state index is 0.117. The Morgan fingerprint density at radius 1 is 1.24 bits per heavy atom. The first-order valence-corrected chi connectivity index (χ1v) is 8.14. The highest BCUT2D eigenvalue weighted by atomic mass is 16.6. The molecule has 5 heteroatoms. The summed E-state index contributed by atoms with van der Waals surface area (Å²) in [6.45, 7) is 2.82. The second kappa shape index (κ2) is 5.78. The SMILES string of the molecule is CCOC(=O)N1CC2CCCC2C1C1CCCC(=O)C1=O. The standard InChI is InChI=1S/C16H23NO4/c1-2-21-16(20)17-9-10-5-3-6-11(10)14(17)12-7-4-8-13(18)15(12)19/h10-12,14H,2-9H2,1H3. The number of ether oxygens (including phenoxy) is 1. The molecule has 21 heavy (non-hydrogen) atoms. The summed E-state index contributed by atoms with van der Waals surface area (Å²) in [5.41, 5.74) is 0.